The fourth-order valence-corrected chi connectivity index (χ4v) is 0.806. The first-order chi connectivity index (χ1) is 5.97. The van der Waals surface area contributed by atoms with Gasteiger partial charge < -0.3 is 15.7 Å². The Morgan fingerprint density at radius 1 is 1.38 bits per heavy atom. The maximum absolute atomic E-state index is 11.1. The van der Waals surface area contributed by atoms with Crippen molar-refractivity contribution in [3.8, 4) is 0 Å². The number of carboxylic acids is 1. The van der Waals surface area contributed by atoms with Gasteiger partial charge in [0.05, 0.1) is 6.54 Å². The molecule has 0 aliphatic heterocycles. The van der Waals surface area contributed by atoms with Crippen LogP contribution < -0.4 is 5.73 Å². The molecule has 0 heterocycles. The lowest BCUT2D eigenvalue weighted by molar-refractivity contribution is -0.145. The molecule has 0 aliphatic carbocycles. The Balaban J connectivity index is 4.15. The quantitative estimate of drug-likeness (QED) is 0.529. The third-order valence-electron chi connectivity index (χ3n) is 1.38. The van der Waals surface area contributed by atoms with Crippen molar-refractivity contribution >= 4 is 17.8 Å². The van der Waals surface area contributed by atoms with E-state index in [0.29, 0.717) is 0 Å². The molecule has 0 spiro atoms. The summed E-state index contributed by atoms with van der Waals surface area (Å²) < 4.78 is 0. The highest BCUT2D eigenvalue weighted by Gasteiger charge is 2.16. The van der Waals surface area contributed by atoms with E-state index in [0.717, 1.165) is 4.90 Å². The standard InChI is InChI=1S/C7H12N2O4/c1-2-9(4-5(8)10)6(11)3-7(12)13/h2-4H2,1H3,(H2,8,10)(H,12,13). The smallest absolute Gasteiger partial charge is 0.312 e. The zero-order valence-electron chi connectivity index (χ0n) is 7.32. The number of carbonyl (C=O) groups is 3. The third kappa shape index (κ3) is 4.78. The summed E-state index contributed by atoms with van der Waals surface area (Å²) in [6.07, 6.45) is -0.610. The Kier molecular flexibility index (Phi) is 4.50. The van der Waals surface area contributed by atoms with E-state index in [-0.39, 0.29) is 13.1 Å². The Morgan fingerprint density at radius 3 is 2.23 bits per heavy atom. The minimum atomic E-state index is -1.21. The van der Waals surface area contributed by atoms with Crippen LogP contribution in [0, 0.1) is 0 Å². The van der Waals surface area contributed by atoms with Gasteiger partial charge in [-0.2, -0.15) is 0 Å². The fourth-order valence-electron chi connectivity index (χ4n) is 0.806. The van der Waals surface area contributed by atoms with E-state index in [1.165, 1.54) is 0 Å². The molecule has 0 aromatic carbocycles. The lowest BCUT2D eigenvalue weighted by Crippen LogP contribution is -2.39. The van der Waals surface area contributed by atoms with Gasteiger partial charge in [-0.3, -0.25) is 14.4 Å². The molecule has 2 amide bonds. The summed E-state index contributed by atoms with van der Waals surface area (Å²) in [5.74, 6) is -2.47. The molecule has 6 heteroatoms. The zero-order chi connectivity index (χ0) is 10.4. The van der Waals surface area contributed by atoms with Gasteiger partial charge in [-0.15, -0.1) is 0 Å². The highest BCUT2D eigenvalue weighted by Crippen LogP contribution is 1.93. The second-order valence-electron chi connectivity index (χ2n) is 2.44. The molecule has 0 radical (unpaired) electrons. The van der Waals surface area contributed by atoms with E-state index < -0.39 is 24.2 Å². The molecule has 74 valence electrons. The van der Waals surface area contributed by atoms with Crippen LogP contribution >= 0.6 is 0 Å². The number of aliphatic carboxylic acids is 1. The molecule has 0 aliphatic rings. The minimum absolute atomic E-state index is 0.234. The average molecular weight is 188 g/mol. The van der Waals surface area contributed by atoms with E-state index in [2.05, 4.69) is 0 Å². The van der Waals surface area contributed by atoms with Gasteiger partial charge in [0.15, 0.2) is 0 Å². The molecule has 0 unspecified atom stereocenters. The highest BCUT2D eigenvalue weighted by molar-refractivity contribution is 5.94. The fraction of sp³-hybridized carbons (Fsp3) is 0.571. The summed E-state index contributed by atoms with van der Waals surface area (Å²) in [4.78, 5) is 32.7. The highest BCUT2D eigenvalue weighted by atomic mass is 16.4. The molecule has 0 saturated carbocycles. The molecule has 3 N–H and O–H groups in total. The van der Waals surface area contributed by atoms with Crippen molar-refractivity contribution < 1.29 is 19.5 Å². The van der Waals surface area contributed by atoms with Gasteiger partial charge in [-0.25, -0.2) is 0 Å². The van der Waals surface area contributed by atoms with Crippen molar-refractivity contribution in [3.63, 3.8) is 0 Å². The Morgan fingerprint density at radius 2 is 1.92 bits per heavy atom. The molecule has 0 aromatic rings. The summed E-state index contributed by atoms with van der Waals surface area (Å²) in [6.45, 7) is 1.68. The van der Waals surface area contributed by atoms with E-state index >= 15 is 0 Å². The monoisotopic (exact) mass is 188 g/mol. The van der Waals surface area contributed by atoms with Crippen LogP contribution in [0.5, 0.6) is 0 Å². The van der Waals surface area contributed by atoms with Crippen molar-refractivity contribution in [1.82, 2.24) is 4.90 Å². The van der Waals surface area contributed by atoms with E-state index in [4.69, 9.17) is 10.8 Å². The van der Waals surface area contributed by atoms with Gasteiger partial charge in [0.25, 0.3) is 0 Å². The van der Waals surface area contributed by atoms with Crippen LogP contribution in [0.4, 0.5) is 0 Å². The molecule has 0 atom stereocenters. The van der Waals surface area contributed by atoms with Gasteiger partial charge in [-0.1, -0.05) is 0 Å². The molecule has 0 fully saturated rings. The Labute approximate surface area is 75.3 Å². The first-order valence-corrected chi connectivity index (χ1v) is 3.75. The number of nitrogens with two attached hydrogens (primary N) is 1. The van der Waals surface area contributed by atoms with Crippen LogP contribution in [-0.2, 0) is 14.4 Å². The Hall–Kier alpha value is -1.59. The molecule has 13 heavy (non-hydrogen) atoms. The van der Waals surface area contributed by atoms with E-state index in [9.17, 15) is 14.4 Å². The maximum atomic E-state index is 11.1. The third-order valence-corrected chi connectivity index (χ3v) is 1.38. The van der Waals surface area contributed by atoms with Crippen molar-refractivity contribution in [3.05, 3.63) is 0 Å². The summed E-state index contributed by atoms with van der Waals surface area (Å²) >= 11 is 0. The topological polar surface area (TPSA) is 101 Å². The van der Waals surface area contributed by atoms with Gasteiger partial charge >= 0.3 is 5.97 Å². The summed E-state index contributed by atoms with van der Waals surface area (Å²) in [7, 11) is 0. The second kappa shape index (κ2) is 5.13. The maximum Gasteiger partial charge on any atom is 0.312 e. The van der Waals surface area contributed by atoms with Crippen molar-refractivity contribution in [2.75, 3.05) is 13.1 Å². The van der Waals surface area contributed by atoms with Gasteiger partial charge in [0.1, 0.15) is 6.42 Å². The first-order valence-electron chi connectivity index (χ1n) is 3.75. The van der Waals surface area contributed by atoms with E-state index in [1.54, 1.807) is 6.92 Å². The predicted molar refractivity (Wildman–Crippen MR) is 43.7 cm³/mol. The number of hydrogen-bond donors (Lipinski definition) is 2. The predicted octanol–water partition coefficient (Wildman–Crippen LogP) is -1.21. The molecule has 0 saturated heterocycles. The molecular formula is C7H12N2O4. The van der Waals surface area contributed by atoms with Crippen LogP contribution in [0.25, 0.3) is 0 Å². The molecule has 0 bridgehead atoms. The van der Waals surface area contributed by atoms with Crippen LogP contribution in [0.15, 0.2) is 0 Å². The second-order valence-corrected chi connectivity index (χ2v) is 2.44. The number of likely N-dealkylation sites (N-methyl/N-ethyl adjacent to an activating group) is 1. The van der Waals surface area contributed by atoms with E-state index in [1.807, 2.05) is 0 Å². The van der Waals surface area contributed by atoms with Gasteiger partial charge in [0, 0.05) is 6.54 Å². The minimum Gasteiger partial charge on any atom is -0.481 e. The van der Waals surface area contributed by atoms with Crippen LogP contribution in [0.2, 0.25) is 0 Å². The van der Waals surface area contributed by atoms with Crippen molar-refractivity contribution in [2.24, 2.45) is 5.73 Å². The van der Waals surface area contributed by atoms with Crippen LogP contribution in [-0.4, -0.2) is 40.9 Å². The normalized spacial score (nSPS) is 9.31. The van der Waals surface area contributed by atoms with Gasteiger partial charge in [-0.05, 0) is 6.92 Å². The molecule has 0 aromatic heterocycles. The number of carboxylic acid groups (broad SMARTS) is 1. The number of hydrogen-bond acceptors (Lipinski definition) is 3. The number of rotatable bonds is 5. The molecule has 0 rings (SSSR count). The summed E-state index contributed by atoms with van der Waals surface area (Å²) in [6, 6.07) is 0. The Bertz CT molecular complexity index is 227. The average Bonchev–Trinajstić information content (AvgIpc) is 1.98. The number of nitrogens with zero attached hydrogens (tertiary/aromatic N) is 1. The lowest BCUT2D eigenvalue weighted by atomic mass is 10.3. The SMILES string of the molecule is CCN(CC(N)=O)C(=O)CC(=O)O. The number of primary amides is 1. The summed E-state index contributed by atoms with van der Waals surface area (Å²) in [5, 5.41) is 8.30. The molecular weight excluding hydrogens is 176 g/mol. The first kappa shape index (κ1) is 11.4. The van der Waals surface area contributed by atoms with Crippen molar-refractivity contribution in [2.45, 2.75) is 13.3 Å². The van der Waals surface area contributed by atoms with Crippen LogP contribution in [0.1, 0.15) is 13.3 Å². The largest absolute Gasteiger partial charge is 0.481 e. The van der Waals surface area contributed by atoms with Crippen molar-refractivity contribution in [1.29, 1.82) is 0 Å². The zero-order valence-corrected chi connectivity index (χ0v) is 7.32. The number of amides is 2. The van der Waals surface area contributed by atoms with Gasteiger partial charge in [0.2, 0.25) is 11.8 Å². The lowest BCUT2D eigenvalue weighted by Gasteiger charge is -2.17. The number of carbonyl (C=O) groups excluding carboxylic acids is 2. The van der Waals surface area contributed by atoms with Crippen LogP contribution in [0.3, 0.4) is 0 Å². The summed E-state index contributed by atoms with van der Waals surface area (Å²) in [5.41, 5.74) is 4.86. The molecule has 6 nitrogen and oxygen atoms in total.